The van der Waals surface area contributed by atoms with Crippen LogP contribution in [0.2, 0.25) is 0 Å². The number of amides is 2. The lowest BCUT2D eigenvalue weighted by molar-refractivity contribution is 0.0924. The van der Waals surface area contributed by atoms with Crippen LogP contribution in [0.15, 0.2) is 46.2 Å². The van der Waals surface area contributed by atoms with Crippen molar-refractivity contribution < 1.29 is 18.0 Å². The molecule has 0 saturated heterocycles. The molecule has 2 amide bonds. The monoisotopic (exact) mass is 488 g/mol. The lowest BCUT2D eigenvalue weighted by Crippen LogP contribution is -2.22. The summed E-state index contributed by atoms with van der Waals surface area (Å²) in [4.78, 5) is 38.0. The van der Waals surface area contributed by atoms with Crippen LogP contribution in [0, 0.1) is 5.92 Å². The number of carbonyl (C=O) groups excluding carboxylic acids is 2. The molecule has 0 radical (unpaired) electrons. The Morgan fingerprint density at radius 2 is 1.91 bits per heavy atom. The minimum absolute atomic E-state index is 0.0209. The van der Waals surface area contributed by atoms with Gasteiger partial charge in [0.25, 0.3) is 9.84 Å². The maximum atomic E-state index is 13.1. The summed E-state index contributed by atoms with van der Waals surface area (Å²) >= 11 is 0.810. The van der Waals surface area contributed by atoms with Gasteiger partial charge in [-0.05, 0) is 31.0 Å². The van der Waals surface area contributed by atoms with E-state index in [1.165, 1.54) is 18.6 Å². The first-order chi connectivity index (χ1) is 15.8. The summed E-state index contributed by atoms with van der Waals surface area (Å²) < 4.78 is 25.0. The summed E-state index contributed by atoms with van der Waals surface area (Å²) in [5.41, 5.74) is 1.72. The SMILES string of the molecule is CN(C)c1ccc(NC(=O)Nc2ncc(S(=O)(=O)c3ncc[nH]3)s2)c(C(=O)C2CCCC2)c1. The molecule has 3 N–H and O–H groups in total. The molecule has 33 heavy (non-hydrogen) atoms. The van der Waals surface area contributed by atoms with Crippen LogP contribution in [0.1, 0.15) is 36.0 Å². The molecular weight excluding hydrogens is 464 g/mol. The standard InChI is InChI=1S/C21H24N6O4S2/c1-27(2)14-7-8-16(15(11-14)18(28)13-5-3-4-6-13)25-19(29)26-20-24-12-17(32-20)33(30,31)21-22-9-10-23-21/h7-13H,3-6H2,1-2H3,(H,22,23)(H2,24,25,26,29). The van der Waals surface area contributed by atoms with Gasteiger partial charge in [-0.3, -0.25) is 10.1 Å². The molecule has 2 aromatic heterocycles. The minimum Gasteiger partial charge on any atom is -0.378 e. The van der Waals surface area contributed by atoms with Crippen molar-refractivity contribution in [1.29, 1.82) is 0 Å². The molecule has 2 heterocycles. The fourth-order valence-electron chi connectivity index (χ4n) is 3.72. The van der Waals surface area contributed by atoms with Gasteiger partial charge in [-0.2, -0.15) is 0 Å². The van der Waals surface area contributed by atoms with Crippen molar-refractivity contribution in [1.82, 2.24) is 15.0 Å². The summed E-state index contributed by atoms with van der Waals surface area (Å²) in [7, 11) is -0.0721. The van der Waals surface area contributed by atoms with Crippen molar-refractivity contribution in [2.75, 3.05) is 29.6 Å². The molecule has 12 heteroatoms. The highest BCUT2D eigenvalue weighted by atomic mass is 32.2. The van der Waals surface area contributed by atoms with Gasteiger partial charge < -0.3 is 15.2 Å². The zero-order chi connectivity index (χ0) is 23.6. The maximum absolute atomic E-state index is 13.1. The van der Waals surface area contributed by atoms with E-state index < -0.39 is 15.9 Å². The molecule has 10 nitrogen and oxygen atoms in total. The summed E-state index contributed by atoms with van der Waals surface area (Å²) in [5, 5.41) is 5.16. The number of sulfone groups is 1. The molecule has 0 atom stereocenters. The van der Waals surface area contributed by atoms with Gasteiger partial charge >= 0.3 is 6.03 Å². The van der Waals surface area contributed by atoms with Gasteiger partial charge in [0.2, 0.25) is 5.16 Å². The molecule has 174 valence electrons. The van der Waals surface area contributed by atoms with Crippen LogP contribution in [-0.4, -0.2) is 49.3 Å². The number of imidazole rings is 1. The molecule has 0 spiro atoms. The average Bonchev–Trinajstić information content (AvgIpc) is 3.56. The van der Waals surface area contributed by atoms with Crippen LogP contribution < -0.4 is 15.5 Å². The van der Waals surface area contributed by atoms with Gasteiger partial charge in [-0.25, -0.2) is 23.2 Å². The molecule has 0 unspecified atom stereocenters. The number of thiazole rings is 1. The quantitative estimate of drug-likeness (QED) is 0.430. The van der Waals surface area contributed by atoms with E-state index in [4.69, 9.17) is 0 Å². The molecule has 1 fully saturated rings. The maximum Gasteiger partial charge on any atom is 0.325 e. The number of rotatable bonds is 7. The Bertz CT molecular complexity index is 1260. The number of aromatic nitrogens is 3. The van der Waals surface area contributed by atoms with Gasteiger partial charge in [0.15, 0.2) is 10.9 Å². The van der Waals surface area contributed by atoms with E-state index in [1.54, 1.807) is 12.1 Å². The summed E-state index contributed by atoms with van der Waals surface area (Å²) in [6.07, 6.45) is 7.67. The van der Waals surface area contributed by atoms with E-state index in [2.05, 4.69) is 25.6 Å². The van der Waals surface area contributed by atoms with Crippen molar-refractivity contribution in [3.8, 4) is 0 Å². The van der Waals surface area contributed by atoms with Crippen molar-refractivity contribution in [2.24, 2.45) is 5.92 Å². The predicted octanol–water partition coefficient (Wildman–Crippen LogP) is 3.78. The van der Waals surface area contributed by atoms with Crippen molar-refractivity contribution >= 4 is 49.5 Å². The largest absolute Gasteiger partial charge is 0.378 e. The number of aromatic amines is 1. The Kier molecular flexibility index (Phi) is 6.47. The fourth-order valence-corrected chi connectivity index (χ4v) is 5.98. The Hall–Kier alpha value is -3.25. The highest BCUT2D eigenvalue weighted by Crippen LogP contribution is 2.32. The first-order valence-electron chi connectivity index (χ1n) is 10.4. The number of urea groups is 1. The van der Waals surface area contributed by atoms with Gasteiger partial charge in [-0.15, -0.1) is 0 Å². The Balaban J connectivity index is 1.52. The predicted molar refractivity (Wildman–Crippen MR) is 126 cm³/mol. The Morgan fingerprint density at radius 3 is 2.58 bits per heavy atom. The van der Waals surface area contributed by atoms with Crippen molar-refractivity contribution in [2.45, 2.75) is 35.0 Å². The Morgan fingerprint density at radius 1 is 1.15 bits per heavy atom. The first-order valence-corrected chi connectivity index (χ1v) is 12.7. The molecule has 1 saturated carbocycles. The number of carbonyl (C=O) groups is 2. The number of ketones is 1. The molecule has 1 aliphatic carbocycles. The zero-order valence-electron chi connectivity index (χ0n) is 18.2. The highest BCUT2D eigenvalue weighted by Gasteiger charge is 2.27. The van der Waals surface area contributed by atoms with Gasteiger partial charge in [-0.1, -0.05) is 24.2 Å². The highest BCUT2D eigenvalue weighted by molar-refractivity contribution is 7.93. The van der Waals surface area contributed by atoms with Gasteiger partial charge in [0.05, 0.1) is 11.9 Å². The fraction of sp³-hybridized carbons (Fsp3) is 0.333. The smallest absolute Gasteiger partial charge is 0.325 e. The zero-order valence-corrected chi connectivity index (χ0v) is 19.8. The van der Waals surface area contributed by atoms with Crippen LogP contribution in [-0.2, 0) is 9.84 Å². The number of nitrogens with zero attached hydrogens (tertiary/aromatic N) is 3. The van der Waals surface area contributed by atoms with Crippen LogP contribution in [0.3, 0.4) is 0 Å². The van der Waals surface area contributed by atoms with E-state index in [0.29, 0.717) is 11.3 Å². The van der Waals surface area contributed by atoms with Crippen LogP contribution in [0.4, 0.5) is 21.3 Å². The molecular formula is C21H24N6O4S2. The summed E-state index contributed by atoms with van der Waals surface area (Å²) in [6.45, 7) is 0. The Labute approximate surface area is 195 Å². The third-order valence-corrected chi connectivity index (χ3v) is 8.44. The summed E-state index contributed by atoms with van der Waals surface area (Å²) in [5.74, 6) is -0.0214. The number of anilines is 3. The number of nitrogens with one attached hydrogen (secondary N) is 3. The normalized spacial score (nSPS) is 14.2. The molecule has 1 aliphatic rings. The topological polar surface area (TPSA) is 137 Å². The second kappa shape index (κ2) is 9.32. The lowest BCUT2D eigenvalue weighted by Gasteiger charge is -2.18. The molecule has 3 aromatic rings. The van der Waals surface area contributed by atoms with Crippen LogP contribution >= 0.6 is 11.3 Å². The van der Waals surface area contributed by atoms with Gasteiger partial charge in [0, 0.05) is 43.7 Å². The van der Waals surface area contributed by atoms with E-state index in [9.17, 15) is 18.0 Å². The van der Waals surface area contributed by atoms with E-state index in [0.717, 1.165) is 42.7 Å². The number of H-pyrrole nitrogens is 1. The van der Waals surface area contributed by atoms with Crippen molar-refractivity contribution in [3.05, 3.63) is 42.4 Å². The van der Waals surface area contributed by atoms with Crippen LogP contribution in [0.25, 0.3) is 0 Å². The van der Waals surface area contributed by atoms with Gasteiger partial charge in [0.1, 0.15) is 4.21 Å². The van der Waals surface area contributed by atoms with Crippen LogP contribution in [0.5, 0.6) is 0 Å². The van der Waals surface area contributed by atoms with E-state index in [-0.39, 0.29) is 26.2 Å². The van der Waals surface area contributed by atoms with Crippen molar-refractivity contribution in [3.63, 3.8) is 0 Å². The molecule has 4 rings (SSSR count). The number of Topliss-reactive ketones (excluding diaryl/α,β-unsaturated/α-hetero) is 1. The van der Waals surface area contributed by atoms with E-state index >= 15 is 0 Å². The summed E-state index contributed by atoms with van der Waals surface area (Å²) in [6, 6.07) is 4.68. The average molecular weight is 489 g/mol. The minimum atomic E-state index is -3.84. The number of benzene rings is 1. The molecule has 0 aliphatic heterocycles. The lowest BCUT2D eigenvalue weighted by atomic mass is 9.94. The van der Waals surface area contributed by atoms with E-state index in [1.807, 2.05) is 25.1 Å². The first kappa shape index (κ1) is 22.9. The molecule has 0 bridgehead atoms. The number of hydrogen-bond donors (Lipinski definition) is 3. The second-order valence-electron chi connectivity index (χ2n) is 7.93. The third-order valence-electron chi connectivity index (χ3n) is 5.46. The number of hydrogen-bond acceptors (Lipinski definition) is 8. The third kappa shape index (κ3) is 4.91. The molecule has 1 aromatic carbocycles. The second-order valence-corrected chi connectivity index (χ2v) is 11.1.